The molecule has 9 heteroatoms. The minimum absolute atomic E-state index is 0. The second-order valence-corrected chi connectivity index (χ2v) is 7.83. The largest absolute Gasteiger partial charge is 0.496 e. The molecule has 2 aromatic rings. The van der Waals surface area contributed by atoms with Gasteiger partial charge in [0.2, 0.25) is 0 Å². The first-order valence-corrected chi connectivity index (χ1v) is 10.7. The number of nitrogens with zero attached hydrogens (tertiary/aromatic N) is 4. The number of halogens is 2. The lowest BCUT2D eigenvalue weighted by molar-refractivity contribution is 0.295. The van der Waals surface area contributed by atoms with Gasteiger partial charge in [0.1, 0.15) is 5.75 Å². The Kier molecular flexibility index (Phi) is 10.4. The maximum Gasteiger partial charge on any atom is 0.191 e. The molecule has 0 aliphatic carbocycles. The predicted octanol–water partition coefficient (Wildman–Crippen LogP) is 3.28. The summed E-state index contributed by atoms with van der Waals surface area (Å²) < 4.78 is 19.6. The summed E-state index contributed by atoms with van der Waals surface area (Å²) >= 11 is 0. The zero-order valence-electron chi connectivity index (χ0n) is 19.2. The van der Waals surface area contributed by atoms with Gasteiger partial charge in [-0.15, -0.1) is 24.0 Å². The van der Waals surface area contributed by atoms with Gasteiger partial charge in [0.25, 0.3) is 0 Å². The number of hydrogen-bond donors (Lipinski definition) is 2. The monoisotopic (exact) mass is 556 g/mol. The minimum atomic E-state index is -0.283. The molecule has 2 unspecified atom stereocenters. The van der Waals surface area contributed by atoms with Crippen molar-refractivity contribution >= 4 is 35.8 Å². The Balaban J connectivity index is 0.00000363. The Labute approximate surface area is 207 Å². The lowest BCUT2D eigenvalue weighted by Crippen LogP contribution is -2.45. The number of benzene rings is 1. The maximum atomic E-state index is 14.1. The van der Waals surface area contributed by atoms with Crippen molar-refractivity contribution < 1.29 is 9.13 Å². The SMILES string of the molecule is CCNC(=NCC(c1ccccc1OC)N(C)C)NC1CCN(c2ncccc2F)C1.I. The summed E-state index contributed by atoms with van der Waals surface area (Å²) in [7, 11) is 5.78. The minimum Gasteiger partial charge on any atom is -0.496 e. The number of methoxy groups -OCH3 is 1. The van der Waals surface area contributed by atoms with Gasteiger partial charge in [-0.2, -0.15) is 0 Å². The molecule has 0 radical (unpaired) electrons. The molecule has 2 atom stereocenters. The molecule has 0 spiro atoms. The molecule has 2 N–H and O–H groups in total. The number of rotatable bonds is 8. The Hall–Kier alpha value is -2.14. The molecule has 2 heterocycles. The van der Waals surface area contributed by atoms with Crippen LogP contribution in [0.1, 0.15) is 24.9 Å². The van der Waals surface area contributed by atoms with E-state index in [9.17, 15) is 4.39 Å². The van der Waals surface area contributed by atoms with Gasteiger partial charge >= 0.3 is 0 Å². The number of aliphatic imine (C=N–C) groups is 1. The highest BCUT2D eigenvalue weighted by molar-refractivity contribution is 14.0. The zero-order chi connectivity index (χ0) is 22.2. The van der Waals surface area contributed by atoms with Gasteiger partial charge in [-0.05, 0) is 45.6 Å². The highest BCUT2D eigenvalue weighted by Crippen LogP contribution is 2.28. The van der Waals surface area contributed by atoms with Crippen LogP contribution in [0, 0.1) is 5.82 Å². The molecular weight excluding hydrogens is 522 g/mol. The van der Waals surface area contributed by atoms with Crippen LogP contribution in [0.15, 0.2) is 47.6 Å². The summed E-state index contributed by atoms with van der Waals surface area (Å²) in [5, 5.41) is 6.84. The first-order chi connectivity index (χ1) is 15.0. The number of anilines is 1. The number of guanidine groups is 1. The number of likely N-dealkylation sites (N-methyl/N-ethyl adjacent to an activating group) is 1. The Morgan fingerprint density at radius 1 is 1.31 bits per heavy atom. The van der Waals surface area contributed by atoms with Crippen LogP contribution in [0.2, 0.25) is 0 Å². The normalized spacial score (nSPS) is 17.1. The van der Waals surface area contributed by atoms with Crippen molar-refractivity contribution in [3.63, 3.8) is 0 Å². The topological polar surface area (TPSA) is 65.0 Å². The van der Waals surface area contributed by atoms with Crippen LogP contribution in [-0.4, -0.2) is 69.3 Å². The van der Waals surface area contributed by atoms with Gasteiger partial charge in [0.05, 0.1) is 19.7 Å². The molecule has 0 bridgehead atoms. The first-order valence-electron chi connectivity index (χ1n) is 10.7. The average molecular weight is 556 g/mol. The molecule has 1 aromatic heterocycles. The van der Waals surface area contributed by atoms with E-state index in [1.807, 2.05) is 44.1 Å². The van der Waals surface area contributed by atoms with E-state index in [0.717, 1.165) is 36.8 Å². The number of para-hydroxylation sites is 1. The van der Waals surface area contributed by atoms with E-state index in [1.165, 1.54) is 6.07 Å². The fraction of sp³-hybridized carbons (Fsp3) is 0.478. The third kappa shape index (κ3) is 6.68. The summed E-state index contributed by atoms with van der Waals surface area (Å²) in [5.41, 5.74) is 1.10. The molecular formula is C23H34FIN6O. The van der Waals surface area contributed by atoms with Crippen molar-refractivity contribution in [2.45, 2.75) is 25.4 Å². The number of hydrogen-bond acceptors (Lipinski definition) is 5. The van der Waals surface area contributed by atoms with Crippen LogP contribution in [0.3, 0.4) is 0 Å². The lowest BCUT2D eigenvalue weighted by Gasteiger charge is -2.25. The van der Waals surface area contributed by atoms with Crippen LogP contribution in [0.4, 0.5) is 10.2 Å². The van der Waals surface area contributed by atoms with Crippen molar-refractivity contribution in [3.8, 4) is 5.75 Å². The summed E-state index contributed by atoms with van der Waals surface area (Å²) in [6, 6.07) is 11.4. The van der Waals surface area contributed by atoms with Crippen molar-refractivity contribution in [3.05, 3.63) is 54.0 Å². The first kappa shape index (κ1) is 26.1. The van der Waals surface area contributed by atoms with E-state index in [2.05, 4.69) is 26.6 Å². The van der Waals surface area contributed by atoms with E-state index >= 15 is 0 Å². The fourth-order valence-corrected chi connectivity index (χ4v) is 3.85. The van der Waals surface area contributed by atoms with E-state index < -0.39 is 0 Å². The van der Waals surface area contributed by atoms with E-state index in [1.54, 1.807) is 19.4 Å². The summed E-state index contributed by atoms with van der Waals surface area (Å²) in [5.74, 6) is 1.75. The maximum absolute atomic E-state index is 14.1. The molecule has 1 aliphatic rings. The second kappa shape index (κ2) is 12.8. The van der Waals surface area contributed by atoms with E-state index in [-0.39, 0.29) is 41.9 Å². The third-order valence-corrected chi connectivity index (χ3v) is 5.46. The predicted molar refractivity (Wildman–Crippen MR) is 139 cm³/mol. The Morgan fingerprint density at radius 2 is 2.09 bits per heavy atom. The van der Waals surface area contributed by atoms with Crippen molar-refractivity contribution in [1.82, 2.24) is 20.5 Å². The molecule has 1 fully saturated rings. The fourth-order valence-electron chi connectivity index (χ4n) is 3.85. The molecule has 1 saturated heterocycles. The summed E-state index contributed by atoms with van der Waals surface area (Å²) in [4.78, 5) is 13.2. The number of ether oxygens (including phenoxy) is 1. The van der Waals surface area contributed by atoms with Crippen LogP contribution < -0.4 is 20.3 Å². The smallest absolute Gasteiger partial charge is 0.191 e. The van der Waals surface area contributed by atoms with E-state index in [0.29, 0.717) is 18.9 Å². The summed E-state index contributed by atoms with van der Waals surface area (Å²) in [6.07, 6.45) is 2.52. The van der Waals surface area contributed by atoms with Crippen LogP contribution in [0.5, 0.6) is 5.75 Å². The van der Waals surface area contributed by atoms with Crippen molar-refractivity contribution in [2.24, 2.45) is 4.99 Å². The lowest BCUT2D eigenvalue weighted by atomic mass is 10.0. The second-order valence-electron chi connectivity index (χ2n) is 7.83. The quantitative estimate of drug-likeness (QED) is 0.296. The van der Waals surface area contributed by atoms with Crippen LogP contribution in [0.25, 0.3) is 0 Å². The van der Waals surface area contributed by atoms with Crippen molar-refractivity contribution in [2.75, 3.05) is 52.3 Å². The number of aromatic nitrogens is 1. The molecule has 7 nitrogen and oxygen atoms in total. The molecule has 1 aromatic carbocycles. The highest BCUT2D eigenvalue weighted by Gasteiger charge is 2.26. The van der Waals surface area contributed by atoms with Gasteiger partial charge in [0, 0.05) is 37.4 Å². The van der Waals surface area contributed by atoms with Gasteiger partial charge < -0.3 is 25.2 Å². The third-order valence-electron chi connectivity index (χ3n) is 5.46. The molecule has 1 aliphatic heterocycles. The standard InChI is InChI=1S/C23H33FN6O.HI/c1-5-25-23(27-15-20(29(2)3)18-9-6-7-11-21(18)31-4)28-17-12-14-30(16-17)22-19(24)10-8-13-26-22;/h6-11,13,17,20H,5,12,14-16H2,1-4H3,(H2,25,27,28);1H. The van der Waals surface area contributed by atoms with Gasteiger partial charge in [-0.1, -0.05) is 18.2 Å². The van der Waals surface area contributed by atoms with E-state index in [4.69, 9.17) is 9.73 Å². The Bertz CT molecular complexity index is 881. The van der Waals surface area contributed by atoms with Gasteiger partial charge in [-0.25, -0.2) is 9.37 Å². The number of pyridine rings is 1. The molecule has 32 heavy (non-hydrogen) atoms. The van der Waals surface area contributed by atoms with Gasteiger partial charge in [-0.3, -0.25) is 4.99 Å². The molecule has 3 rings (SSSR count). The Morgan fingerprint density at radius 3 is 2.78 bits per heavy atom. The molecule has 0 amide bonds. The average Bonchev–Trinajstić information content (AvgIpc) is 3.22. The van der Waals surface area contributed by atoms with Gasteiger partial charge in [0.15, 0.2) is 17.6 Å². The summed E-state index contributed by atoms with van der Waals surface area (Å²) in [6.45, 7) is 4.83. The number of nitrogens with one attached hydrogen (secondary N) is 2. The van der Waals surface area contributed by atoms with Crippen LogP contribution in [-0.2, 0) is 0 Å². The molecule has 0 saturated carbocycles. The van der Waals surface area contributed by atoms with Crippen LogP contribution >= 0.6 is 24.0 Å². The highest BCUT2D eigenvalue weighted by atomic mass is 127. The van der Waals surface area contributed by atoms with Crippen molar-refractivity contribution in [1.29, 1.82) is 0 Å². The zero-order valence-corrected chi connectivity index (χ0v) is 21.5. The molecule has 176 valence electrons.